The van der Waals surface area contributed by atoms with Crippen LogP contribution in [0.2, 0.25) is 0 Å². The van der Waals surface area contributed by atoms with Crippen LogP contribution in [-0.2, 0) is 4.79 Å². The van der Waals surface area contributed by atoms with Crippen LogP contribution in [0.1, 0.15) is 16.7 Å². The van der Waals surface area contributed by atoms with Crippen LogP contribution in [0.3, 0.4) is 0 Å². The number of hydrogen-bond donors (Lipinski definition) is 3. The first-order valence-corrected chi connectivity index (χ1v) is 12.2. The number of allylic oxidation sites excluding steroid dienone is 3. The van der Waals surface area contributed by atoms with Gasteiger partial charge in [-0.1, -0.05) is 78.9 Å². The minimum Gasteiger partial charge on any atom is -0.506 e. The third-order valence-electron chi connectivity index (χ3n) is 5.86. The van der Waals surface area contributed by atoms with Crippen molar-refractivity contribution in [3.63, 3.8) is 0 Å². The molecule has 190 valence electrons. The summed E-state index contributed by atoms with van der Waals surface area (Å²) in [6.45, 7) is 0. The first-order chi connectivity index (χ1) is 19.1. The van der Waals surface area contributed by atoms with E-state index < -0.39 is 0 Å². The molecule has 6 rings (SSSR count). The smallest absolute Gasteiger partial charge is 0.240 e. The number of aldehydes is 1. The summed E-state index contributed by atoms with van der Waals surface area (Å²) in [5.74, 6) is 0.339. The van der Waals surface area contributed by atoms with Gasteiger partial charge in [0.25, 0.3) is 0 Å². The van der Waals surface area contributed by atoms with Crippen molar-refractivity contribution in [3.8, 4) is 11.5 Å². The largest absolute Gasteiger partial charge is 0.506 e. The van der Waals surface area contributed by atoms with Crippen molar-refractivity contribution in [2.75, 3.05) is 5.73 Å². The fourth-order valence-corrected chi connectivity index (χ4v) is 3.85. The zero-order chi connectivity index (χ0) is 27.5. The molecule has 0 radical (unpaired) electrons. The first-order valence-electron chi connectivity index (χ1n) is 12.2. The van der Waals surface area contributed by atoms with Crippen LogP contribution in [0.4, 0.5) is 11.4 Å². The topological polar surface area (TPSA) is 95.9 Å². The van der Waals surface area contributed by atoms with Gasteiger partial charge in [-0.05, 0) is 47.2 Å². The van der Waals surface area contributed by atoms with Gasteiger partial charge in [0.15, 0.2) is 5.57 Å². The Morgan fingerprint density at radius 1 is 0.718 bits per heavy atom. The van der Waals surface area contributed by atoms with Gasteiger partial charge in [0.05, 0.1) is 22.9 Å². The molecule has 0 heterocycles. The Morgan fingerprint density at radius 3 is 2.13 bits per heavy atom. The number of anilines is 1. The third kappa shape index (κ3) is 7.04. The van der Waals surface area contributed by atoms with Gasteiger partial charge in [-0.3, -0.25) is 4.99 Å². The standard InChI is InChI=1S/C17H13NO.C11H7O.C6H7NO/c19-17-11-4-3-10-16(17)18-12-14-8-5-7-13-6-1-2-9-15(13)14;12-8-10-6-3-5-9-4-1-2-7-11(9)10;7-5-3-1-2-4-6(5)8/h1-12,19H;1-5,7-8H;1-4,8H,7H2/q;+1;. The van der Waals surface area contributed by atoms with Crippen molar-refractivity contribution in [2.45, 2.75) is 0 Å². The minimum absolute atomic E-state index is 0.146. The molecular formula is C34H27N2O3+. The molecule has 0 unspecified atom stereocenters. The number of nitrogen functional groups attached to an aromatic ring is 1. The Kier molecular flexibility index (Phi) is 8.95. The zero-order valence-electron chi connectivity index (χ0n) is 21.1. The van der Waals surface area contributed by atoms with Crippen molar-refractivity contribution in [2.24, 2.45) is 4.99 Å². The van der Waals surface area contributed by atoms with Crippen LogP contribution in [0.25, 0.3) is 22.4 Å². The average molecular weight is 512 g/mol. The second kappa shape index (κ2) is 13.2. The second-order valence-electron chi connectivity index (χ2n) is 8.47. The van der Waals surface area contributed by atoms with E-state index in [4.69, 9.17) is 10.8 Å². The molecule has 0 atom stereocenters. The van der Waals surface area contributed by atoms with E-state index in [0.29, 0.717) is 16.9 Å². The predicted molar refractivity (Wildman–Crippen MR) is 160 cm³/mol. The highest BCUT2D eigenvalue weighted by molar-refractivity contribution is 6.09. The molecule has 0 fully saturated rings. The number of phenols is 2. The van der Waals surface area contributed by atoms with E-state index in [-0.39, 0.29) is 11.5 Å². The van der Waals surface area contributed by atoms with Gasteiger partial charge in [0.2, 0.25) is 6.29 Å². The van der Waals surface area contributed by atoms with Crippen molar-refractivity contribution in [3.05, 3.63) is 144 Å². The van der Waals surface area contributed by atoms with Crippen LogP contribution in [0, 0.1) is 6.08 Å². The maximum absolute atomic E-state index is 10.6. The molecule has 5 heteroatoms. The third-order valence-corrected chi connectivity index (χ3v) is 5.86. The second-order valence-corrected chi connectivity index (χ2v) is 8.47. The number of nitrogens with zero attached hydrogens (tertiary/aromatic N) is 1. The van der Waals surface area contributed by atoms with Crippen molar-refractivity contribution in [1.82, 2.24) is 0 Å². The SMILES string of the molecule is Nc1ccccc1O.O=CC1=[C+]C=Cc2ccccc21.Oc1ccccc1N=Cc1cccc2ccccc12. The highest BCUT2D eigenvalue weighted by Crippen LogP contribution is 2.26. The van der Waals surface area contributed by atoms with Crippen LogP contribution < -0.4 is 5.73 Å². The molecule has 1 aliphatic rings. The number of aromatic hydroxyl groups is 2. The Bertz CT molecular complexity index is 1640. The van der Waals surface area contributed by atoms with Crippen LogP contribution in [0.15, 0.2) is 126 Å². The summed E-state index contributed by atoms with van der Waals surface area (Å²) < 4.78 is 0. The summed E-state index contributed by atoms with van der Waals surface area (Å²) in [5, 5.41) is 20.8. The molecule has 39 heavy (non-hydrogen) atoms. The van der Waals surface area contributed by atoms with Gasteiger partial charge in [-0.25, -0.2) is 4.79 Å². The van der Waals surface area contributed by atoms with Crippen molar-refractivity contribution >= 4 is 46.3 Å². The Balaban J connectivity index is 0.000000150. The maximum Gasteiger partial charge on any atom is 0.240 e. The molecule has 5 aromatic rings. The van der Waals surface area contributed by atoms with E-state index in [2.05, 4.69) is 29.3 Å². The number of carbonyl (C=O) groups is 1. The van der Waals surface area contributed by atoms with Crippen molar-refractivity contribution < 1.29 is 15.0 Å². The molecule has 4 N–H and O–H groups in total. The molecule has 0 bridgehead atoms. The highest BCUT2D eigenvalue weighted by atomic mass is 16.3. The predicted octanol–water partition coefficient (Wildman–Crippen LogP) is 7.37. The van der Waals surface area contributed by atoms with E-state index in [1.807, 2.05) is 60.7 Å². The lowest BCUT2D eigenvalue weighted by molar-refractivity contribution is -0.103. The lowest BCUT2D eigenvalue weighted by atomic mass is 9.96. The van der Waals surface area contributed by atoms with Crippen LogP contribution >= 0.6 is 0 Å². The summed E-state index contributed by atoms with van der Waals surface area (Å²) in [5.41, 5.74) is 10.00. The summed E-state index contributed by atoms with van der Waals surface area (Å²) in [6, 6.07) is 35.8. The van der Waals surface area contributed by atoms with Crippen LogP contribution in [-0.4, -0.2) is 22.7 Å². The lowest BCUT2D eigenvalue weighted by Crippen LogP contribution is -1.92. The number of para-hydroxylation sites is 4. The molecule has 0 spiro atoms. The number of nitrogens with two attached hydrogens (primary N) is 1. The highest BCUT2D eigenvalue weighted by Gasteiger charge is 2.16. The first kappa shape index (κ1) is 26.6. The number of phenolic OH excluding ortho intramolecular Hbond substituents is 2. The Hall–Kier alpha value is -5.51. The van der Waals surface area contributed by atoms with Gasteiger partial charge >= 0.3 is 0 Å². The van der Waals surface area contributed by atoms with Crippen molar-refractivity contribution in [1.29, 1.82) is 0 Å². The molecule has 0 amide bonds. The molecule has 0 saturated carbocycles. The number of carbonyl (C=O) groups excluding carboxylic acids is 1. The van der Waals surface area contributed by atoms with Gasteiger partial charge in [0, 0.05) is 23.9 Å². The minimum atomic E-state index is 0.146. The quantitative estimate of drug-likeness (QED) is 0.0775. The zero-order valence-corrected chi connectivity index (χ0v) is 21.1. The fourth-order valence-electron chi connectivity index (χ4n) is 3.85. The molecule has 5 nitrogen and oxygen atoms in total. The van der Waals surface area contributed by atoms with Gasteiger partial charge in [0.1, 0.15) is 17.2 Å². The summed E-state index contributed by atoms with van der Waals surface area (Å²) >= 11 is 0. The lowest BCUT2D eigenvalue weighted by Gasteiger charge is -2.01. The van der Waals surface area contributed by atoms with E-state index in [1.54, 1.807) is 54.8 Å². The maximum atomic E-state index is 10.6. The molecule has 1 aliphatic carbocycles. The van der Waals surface area contributed by atoms with E-state index in [1.165, 1.54) is 5.39 Å². The average Bonchev–Trinajstić information content (AvgIpc) is 2.98. The number of rotatable bonds is 3. The van der Waals surface area contributed by atoms with Gasteiger partial charge < -0.3 is 15.9 Å². The molecule has 5 aromatic carbocycles. The number of benzene rings is 5. The van der Waals surface area contributed by atoms with E-state index in [0.717, 1.165) is 28.4 Å². The number of hydrogen-bond acceptors (Lipinski definition) is 5. The molecule has 0 saturated heterocycles. The van der Waals surface area contributed by atoms with E-state index >= 15 is 0 Å². The van der Waals surface area contributed by atoms with Gasteiger partial charge in [-0.15, -0.1) is 0 Å². The summed E-state index contributed by atoms with van der Waals surface area (Å²) in [6.07, 6.45) is 9.23. The molecular weight excluding hydrogens is 484 g/mol. The normalized spacial score (nSPS) is 11.2. The Morgan fingerprint density at radius 2 is 1.38 bits per heavy atom. The number of fused-ring (bicyclic) bond motifs is 2. The summed E-state index contributed by atoms with van der Waals surface area (Å²) in [4.78, 5) is 14.9. The molecule has 0 aromatic heterocycles. The monoisotopic (exact) mass is 511 g/mol. The fraction of sp³-hybridized carbons (Fsp3) is 0. The summed E-state index contributed by atoms with van der Waals surface area (Å²) in [7, 11) is 0. The van der Waals surface area contributed by atoms with E-state index in [9.17, 15) is 9.90 Å². The van der Waals surface area contributed by atoms with Gasteiger partial charge in [-0.2, -0.15) is 0 Å². The number of aliphatic imine (C=N–C) groups is 1. The van der Waals surface area contributed by atoms with Crippen LogP contribution in [0.5, 0.6) is 11.5 Å². The Labute approximate surface area is 227 Å². The molecule has 0 aliphatic heterocycles.